The zero-order chi connectivity index (χ0) is 29.7. The van der Waals surface area contributed by atoms with E-state index in [1.54, 1.807) is 6.20 Å². The van der Waals surface area contributed by atoms with Crippen LogP contribution in [0.3, 0.4) is 0 Å². The van der Waals surface area contributed by atoms with E-state index >= 15 is 0 Å². The van der Waals surface area contributed by atoms with Crippen molar-refractivity contribution >= 4 is 13.3 Å². The minimum absolute atomic E-state index is 0. The van der Waals surface area contributed by atoms with E-state index in [0.29, 0.717) is 0 Å². The van der Waals surface area contributed by atoms with Gasteiger partial charge < -0.3 is 9.97 Å². The van der Waals surface area contributed by atoms with Crippen molar-refractivity contribution in [3.8, 4) is 22.5 Å². The average Bonchev–Trinajstić information content (AvgIpc) is 2.98. The Bertz CT molecular complexity index is 1560. The van der Waals surface area contributed by atoms with Gasteiger partial charge in [-0.25, -0.2) is 0 Å². The fourth-order valence-corrected chi connectivity index (χ4v) is 5.87. The second-order valence-electron chi connectivity index (χ2n) is 10.8. The van der Waals surface area contributed by atoms with Gasteiger partial charge in [-0.05, 0) is 39.7 Å². The van der Waals surface area contributed by atoms with Gasteiger partial charge in [0.25, 0.3) is 0 Å². The van der Waals surface area contributed by atoms with Gasteiger partial charge in [0.1, 0.15) is 0 Å². The van der Waals surface area contributed by atoms with E-state index in [1.165, 1.54) is 5.19 Å². The van der Waals surface area contributed by atoms with E-state index in [9.17, 15) is 1.37 Å². The van der Waals surface area contributed by atoms with Gasteiger partial charge in [0.05, 0.1) is 8.07 Å². The molecule has 0 spiro atoms. The summed E-state index contributed by atoms with van der Waals surface area (Å²) >= 11 is 0. The van der Waals surface area contributed by atoms with Crippen molar-refractivity contribution in [3.05, 3.63) is 138 Å². The van der Waals surface area contributed by atoms with Crippen molar-refractivity contribution in [1.29, 1.82) is 0 Å². The van der Waals surface area contributed by atoms with Crippen LogP contribution in [0.5, 0.6) is 0 Å². The summed E-state index contributed by atoms with van der Waals surface area (Å²) < 4.78 is 17.2. The second kappa shape index (κ2) is 14.5. The molecule has 3 aromatic carbocycles. The molecule has 0 saturated carbocycles. The van der Waals surface area contributed by atoms with Gasteiger partial charge >= 0.3 is 0 Å². The average molecular weight is 721 g/mol. The Morgan fingerprint density at radius 2 is 1.27 bits per heavy atom. The number of hydrogen-bond donors (Lipinski definition) is 0. The fraction of sp³-hybridized carbons (Fsp3) is 0.222. The summed E-state index contributed by atoms with van der Waals surface area (Å²) in [5.74, 6) is -1.41. The van der Waals surface area contributed by atoms with E-state index in [0.717, 1.165) is 39.2 Å². The maximum absolute atomic E-state index is 9.17. The van der Waals surface area contributed by atoms with Crippen molar-refractivity contribution < 1.29 is 22.8 Å². The largest absolute Gasteiger partial charge is 0.305 e. The van der Waals surface area contributed by atoms with Crippen LogP contribution in [0.25, 0.3) is 22.5 Å². The second-order valence-corrected chi connectivity index (χ2v) is 15.9. The standard InChI is InChI=1S/C22H24NSi.C14H14N.Ir/c1-17(18-11-7-5-8-12-18)20-15-21(19-13-9-6-10-14-19)23-16-22(20)24(2,3)4;1-11(2)13-8-9-15-14(10-13)12-6-4-3-5-7-12;/h5-13,15-17H,1-4H3;3-6,8-11H,1-2H3;/q2*-1;/i17D;11D;. The van der Waals surface area contributed by atoms with Crippen molar-refractivity contribution in [1.82, 2.24) is 9.97 Å². The summed E-state index contributed by atoms with van der Waals surface area (Å²) in [6.45, 7) is 12.7. The molecule has 5 aromatic rings. The molecule has 1 radical (unpaired) electrons. The molecule has 1 unspecified atom stereocenters. The van der Waals surface area contributed by atoms with Gasteiger partial charge in [-0.1, -0.05) is 88.4 Å². The summed E-state index contributed by atoms with van der Waals surface area (Å²) in [4.78, 5) is 9.01. The van der Waals surface area contributed by atoms with Crippen LogP contribution in [-0.2, 0) is 20.1 Å². The Labute approximate surface area is 258 Å². The first-order valence-corrected chi connectivity index (χ1v) is 16.8. The predicted octanol–water partition coefficient (Wildman–Crippen LogP) is 8.92. The van der Waals surface area contributed by atoms with Gasteiger partial charge in [-0.3, -0.25) is 0 Å². The fourth-order valence-electron chi connectivity index (χ4n) is 4.35. The van der Waals surface area contributed by atoms with Crippen molar-refractivity contribution in [2.75, 3.05) is 0 Å². The Morgan fingerprint density at radius 1 is 0.700 bits per heavy atom. The minimum Gasteiger partial charge on any atom is -0.305 e. The molecule has 0 aliphatic carbocycles. The van der Waals surface area contributed by atoms with E-state index in [2.05, 4.69) is 42.8 Å². The Balaban J connectivity index is 0.000000247. The van der Waals surface area contributed by atoms with Crippen LogP contribution in [0.1, 0.15) is 52.0 Å². The SMILES string of the molecule is [2H]C(C)(C)c1ccnc(-c2[c-]cccc2)c1.[2H]C(C)(c1ccccc1)c1cc(-c2[c-]cccc2)ncc1[Si](C)(C)C.[Ir]. The number of nitrogens with zero attached hydrogens (tertiary/aromatic N) is 2. The summed E-state index contributed by atoms with van der Waals surface area (Å²) in [6, 6.07) is 38.0. The quantitative estimate of drug-likeness (QED) is 0.129. The molecule has 0 bridgehead atoms. The van der Waals surface area contributed by atoms with E-state index in [4.69, 9.17) is 6.35 Å². The molecule has 0 amide bonds. The first kappa shape index (κ1) is 28.4. The third-order valence-electron chi connectivity index (χ3n) is 6.63. The van der Waals surface area contributed by atoms with E-state index in [1.807, 2.05) is 118 Å². The normalized spacial score (nSPS) is 13.4. The van der Waals surface area contributed by atoms with Gasteiger partial charge in [-0.15, -0.1) is 71.8 Å². The van der Waals surface area contributed by atoms with Gasteiger partial charge in [0.15, 0.2) is 0 Å². The molecule has 0 saturated heterocycles. The van der Waals surface area contributed by atoms with Crippen LogP contribution in [0.2, 0.25) is 19.6 Å². The molecule has 0 fully saturated rings. The monoisotopic (exact) mass is 721 g/mol. The zero-order valence-corrected chi connectivity index (χ0v) is 27.5. The third-order valence-corrected chi connectivity index (χ3v) is 8.64. The molecule has 0 aliphatic rings. The van der Waals surface area contributed by atoms with E-state index in [-0.39, 0.29) is 20.1 Å². The maximum atomic E-state index is 9.17. The maximum Gasteiger partial charge on any atom is 0.0799 e. The minimum atomic E-state index is -1.64. The van der Waals surface area contributed by atoms with Crippen LogP contribution in [0.4, 0.5) is 0 Å². The van der Waals surface area contributed by atoms with Gasteiger partial charge in [-0.2, -0.15) is 0 Å². The molecule has 4 heteroatoms. The molecule has 2 aromatic heterocycles. The number of pyridine rings is 2. The van der Waals surface area contributed by atoms with Gasteiger partial charge in [0.2, 0.25) is 0 Å². The molecule has 207 valence electrons. The smallest absolute Gasteiger partial charge is 0.0799 e. The molecule has 40 heavy (non-hydrogen) atoms. The Kier molecular flexibility index (Phi) is 10.2. The molecule has 0 aliphatic heterocycles. The van der Waals surface area contributed by atoms with Crippen molar-refractivity contribution in [3.63, 3.8) is 0 Å². The first-order chi connectivity index (χ1) is 19.4. The Hall–Kier alpha value is -3.17. The van der Waals surface area contributed by atoms with Gasteiger partial charge in [0, 0.05) is 41.1 Å². The van der Waals surface area contributed by atoms with Crippen LogP contribution >= 0.6 is 0 Å². The van der Waals surface area contributed by atoms with Crippen LogP contribution < -0.4 is 5.19 Å². The van der Waals surface area contributed by atoms with E-state index < -0.39 is 19.9 Å². The van der Waals surface area contributed by atoms with Crippen LogP contribution in [-0.4, -0.2) is 18.0 Å². The third kappa shape index (κ3) is 8.17. The van der Waals surface area contributed by atoms with Crippen LogP contribution in [0.15, 0.2) is 109 Å². The zero-order valence-electron chi connectivity index (χ0n) is 26.1. The summed E-state index contributed by atoms with van der Waals surface area (Å²) in [5, 5.41) is 1.24. The molecule has 2 nitrogen and oxygen atoms in total. The molecule has 0 N–H and O–H groups in total. The molecule has 1 atom stereocenters. The summed E-state index contributed by atoms with van der Waals surface area (Å²) in [5.41, 5.74) is 6.72. The summed E-state index contributed by atoms with van der Waals surface area (Å²) in [7, 11) is -1.64. The van der Waals surface area contributed by atoms with Crippen molar-refractivity contribution in [2.24, 2.45) is 0 Å². The molecule has 2 heterocycles. The first-order valence-electron chi connectivity index (χ1n) is 14.3. The Morgan fingerprint density at radius 3 is 1.80 bits per heavy atom. The predicted molar refractivity (Wildman–Crippen MR) is 168 cm³/mol. The molecule has 5 rings (SSSR count). The number of benzene rings is 3. The van der Waals surface area contributed by atoms with Crippen LogP contribution in [0, 0.1) is 12.1 Å². The summed E-state index contributed by atoms with van der Waals surface area (Å²) in [6.07, 6.45) is 3.75. The van der Waals surface area contributed by atoms with Crippen molar-refractivity contribution in [2.45, 2.75) is 52.2 Å². The number of hydrogen-bond acceptors (Lipinski definition) is 2. The number of aromatic nitrogens is 2. The molecular formula is C36H38IrN2Si-2. The topological polar surface area (TPSA) is 25.8 Å². The molecular weight excluding hydrogens is 681 g/mol. The number of rotatable bonds is 6.